The van der Waals surface area contributed by atoms with Crippen molar-refractivity contribution in [2.75, 3.05) is 19.3 Å². The maximum Gasteiger partial charge on any atom is 0.417 e. The highest BCUT2D eigenvalue weighted by Crippen LogP contribution is 2.35. The molecule has 3 rings (SSSR count). The van der Waals surface area contributed by atoms with Gasteiger partial charge in [-0.25, -0.2) is 18.2 Å². The number of rotatable bonds is 3. The van der Waals surface area contributed by atoms with Crippen LogP contribution in [0.25, 0.3) is 11.1 Å². The molecule has 0 saturated carbocycles. The number of alkyl halides is 3. The number of amides is 1. The maximum absolute atomic E-state index is 13.1. The molecule has 0 N–H and O–H groups in total. The lowest BCUT2D eigenvalue weighted by Gasteiger charge is -2.40. The summed E-state index contributed by atoms with van der Waals surface area (Å²) in [4.78, 5) is 17.2. The first-order chi connectivity index (χ1) is 14.1. The number of halogens is 3. The zero-order valence-corrected chi connectivity index (χ0v) is 18.3. The first-order valence-corrected chi connectivity index (χ1v) is 11.4. The smallest absolute Gasteiger partial charge is 0.417 e. The Bertz CT molecular complexity index is 1090. The number of ether oxygens (including phenoxy) is 1. The molecule has 1 aromatic carbocycles. The van der Waals surface area contributed by atoms with Crippen LogP contribution in [-0.2, 0) is 20.8 Å². The van der Waals surface area contributed by atoms with Gasteiger partial charge >= 0.3 is 12.3 Å². The van der Waals surface area contributed by atoms with E-state index in [9.17, 15) is 26.4 Å². The van der Waals surface area contributed by atoms with Gasteiger partial charge < -0.3 is 9.64 Å². The molecule has 1 aliphatic rings. The quantitative estimate of drug-likeness (QED) is 0.680. The molecule has 2 aromatic rings. The maximum atomic E-state index is 13.1. The molecule has 1 aromatic heterocycles. The normalized spacial score (nSPS) is 15.5. The summed E-state index contributed by atoms with van der Waals surface area (Å²) >= 11 is 0. The third-order valence-electron chi connectivity index (χ3n) is 4.76. The Morgan fingerprint density at radius 3 is 2.19 bits per heavy atom. The van der Waals surface area contributed by atoms with Crippen LogP contribution in [0.15, 0.2) is 41.6 Å². The van der Waals surface area contributed by atoms with Crippen LogP contribution in [-0.4, -0.2) is 49.3 Å². The molecule has 2 heterocycles. The van der Waals surface area contributed by atoms with E-state index in [4.69, 9.17) is 4.74 Å². The van der Waals surface area contributed by atoms with Crippen LogP contribution in [0.1, 0.15) is 37.8 Å². The summed E-state index contributed by atoms with van der Waals surface area (Å²) in [7, 11) is -3.83. The molecule has 0 spiro atoms. The van der Waals surface area contributed by atoms with Gasteiger partial charge in [0.1, 0.15) is 5.60 Å². The summed E-state index contributed by atoms with van der Waals surface area (Å²) in [5.74, 6) is 0.0654. The summed E-state index contributed by atoms with van der Waals surface area (Å²) in [6, 6.07) is 7.37. The first kappa shape index (κ1) is 23.1. The van der Waals surface area contributed by atoms with Crippen molar-refractivity contribution in [2.45, 2.75) is 43.5 Å². The van der Waals surface area contributed by atoms with Gasteiger partial charge in [0.2, 0.25) is 0 Å². The van der Waals surface area contributed by atoms with E-state index in [1.807, 2.05) is 0 Å². The van der Waals surface area contributed by atoms with Gasteiger partial charge in [-0.3, -0.25) is 0 Å². The molecule has 168 valence electrons. The van der Waals surface area contributed by atoms with Crippen LogP contribution < -0.4 is 0 Å². The minimum absolute atomic E-state index is 0.0654. The van der Waals surface area contributed by atoms with Gasteiger partial charge in [0.15, 0.2) is 14.9 Å². The van der Waals surface area contributed by atoms with Crippen molar-refractivity contribution >= 4 is 15.9 Å². The molecule has 1 fully saturated rings. The zero-order chi connectivity index (χ0) is 23.2. The number of likely N-dealkylation sites (tertiary alicyclic amines) is 1. The fourth-order valence-electron chi connectivity index (χ4n) is 3.21. The molecule has 1 saturated heterocycles. The molecule has 0 aliphatic carbocycles. The van der Waals surface area contributed by atoms with Crippen LogP contribution in [0.5, 0.6) is 0 Å². The number of aromatic nitrogens is 1. The summed E-state index contributed by atoms with van der Waals surface area (Å²) in [6.45, 7) is 6.29. The summed E-state index contributed by atoms with van der Waals surface area (Å²) in [5, 5.41) is -0.409. The third kappa shape index (κ3) is 5.36. The van der Waals surface area contributed by atoms with Crippen LogP contribution >= 0.6 is 0 Å². The Balaban J connectivity index is 1.82. The zero-order valence-electron chi connectivity index (χ0n) is 17.5. The molecule has 10 heteroatoms. The molecular weight excluding hydrogens is 433 g/mol. The largest absolute Gasteiger partial charge is 0.444 e. The first-order valence-electron chi connectivity index (χ1n) is 9.51. The van der Waals surface area contributed by atoms with Gasteiger partial charge in [-0.15, -0.1) is 0 Å². The highest BCUT2D eigenvalue weighted by Gasteiger charge is 2.35. The molecule has 0 radical (unpaired) electrons. The number of nitrogens with zero attached hydrogens (tertiary/aromatic N) is 2. The topological polar surface area (TPSA) is 76.6 Å². The van der Waals surface area contributed by atoms with Crippen molar-refractivity contribution in [1.29, 1.82) is 0 Å². The lowest BCUT2D eigenvalue weighted by molar-refractivity contribution is -0.137. The molecular formula is C21H23F3N2O4S. The lowest BCUT2D eigenvalue weighted by Crippen LogP contribution is -2.50. The van der Waals surface area contributed by atoms with Crippen molar-refractivity contribution in [3.63, 3.8) is 0 Å². The number of hydrogen-bond acceptors (Lipinski definition) is 5. The average Bonchev–Trinajstić information content (AvgIpc) is 2.57. The number of carbonyl (C=O) groups excluding carboxylic acids is 1. The third-order valence-corrected chi connectivity index (χ3v) is 5.78. The van der Waals surface area contributed by atoms with E-state index in [2.05, 4.69) is 4.98 Å². The predicted octanol–water partition coefficient (Wildman–Crippen LogP) is 4.51. The number of carbonyl (C=O) groups is 1. The molecule has 0 unspecified atom stereocenters. The second-order valence-electron chi connectivity index (χ2n) is 8.55. The summed E-state index contributed by atoms with van der Waals surface area (Å²) in [5.41, 5.74) is -0.505. The Hall–Kier alpha value is -2.62. The molecule has 0 atom stereocenters. The highest BCUT2D eigenvalue weighted by molar-refractivity contribution is 7.90. The van der Waals surface area contributed by atoms with Crippen molar-refractivity contribution in [1.82, 2.24) is 9.88 Å². The predicted molar refractivity (Wildman–Crippen MR) is 108 cm³/mol. The molecule has 1 amide bonds. The monoisotopic (exact) mass is 456 g/mol. The fourth-order valence-corrected chi connectivity index (χ4v) is 4.03. The highest BCUT2D eigenvalue weighted by atomic mass is 32.2. The van der Waals surface area contributed by atoms with Crippen molar-refractivity contribution in [3.8, 4) is 11.1 Å². The summed E-state index contributed by atoms with van der Waals surface area (Å²) < 4.78 is 68.7. The second kappa shape index (κ2) is 7.81. The Kier molecular flexibility index (Phi) is 5.81. The van der Waals surface area contributed by atoms with Crippen molar-refractivity contribution in [2.24, 2.45) is 0 Å². The van der Waals surface area contributed by atoms with Crippen LogP contribution in [0.3, 0.4) is 0 Å². The van der Waals surface area contributed by atoms with Crippen LogP contribution in [0, 0.1) is 0 Å². The van der Waals surface area contributed by atoms with E-state index in [0.717, 1.165) is 17.9 Å². The van der Waals surface area contributed by atoms with E-state index in [-0.39, 0.29) is 11.5 Å². The Morgan fingerprint density at radius 2 is 1.71 bits per heavy atom. The summed E-state index contributed by atoms with van der Waals surface area (Å²) in [6.07, 6.45) is -3.61. The molecule has 6 nitrogen and oxygen atoms in total. The number of benzene rings is 1. The van der Waals surface area contributed by atoms with Gasteiger partial charge in [-0.05, 0) is 38.0 Å². The fraction of sp³-hybridized carbons (Fsp3) is 0.429. The van der Waals surface area contributed by atoms with Crippen molar-refractivity contribution in [3.05, 3.63) is 47.7 Å². The van der Waals surface area contributed by atoms with E-state index >= 15 is 0 Å². The standard InChI is InChI=1S/C21H23F3N2O4S/c1-20(2,3)30-19(27)26-11-15(12-26)13-5-7-14(8-6-13)17-9-16(21(22,23)24)10-25-18(17)31(4,28)29/h5-10,15H,11-12H2,1-4H3. The van der Waals surface area contributed by atoms with E-state index in [1.165, 1.54) is 0 Å². The van der Waals surface area contributed by atoms with Crippen molar-refractivity contribution < 1.29 is 31.1 Å². The van der Waals surface area contributed by atoms with Gasteiger partial charge in [0, 0.05) is 37.0 Å². The lowest BCUT2D eigenvalue weighted by atomic mass is 9.90. The molecule has 1 aliphatic heterocycles. The minimum Gasteiger partial charge on any atom is -0.444 e. The molecule has 31 heavy (non-hydrogen) atoms. The SMILES string of the molecule is CC(C)(C)OC(=O)N1CC(c2ccc(-c3cc(C(F)(F)F)cnc3S(C)(=O)=O)cc2)C1. The Morgan fingerprint density at radius 1 is 1.13 bits per heavy atom. The van der Waals surface area contributed by atoms with E-state index in [0.29, 0.717) is 24.8 Å². The van der Waals surface area contributed by atoms with Gasteiger partial charge in [-0.1, -0.05) is 24.3 Å². The van der Waals surface area contributed by atoms with Gasteiger partial charge in [-0.2, -0.15) is 13.2 Å². The number of pyridine rings is 1. The number of sulfone groups is 1. The van der Waals surface area contributed by atoms with Gasteiger partial charge in [0.05, 0.1) is 5.56 Å². The Labute approximate surface area is 179 Å². The van der Waals surface area contributed by atoms with Gasteiger partial charge in [0.25, 0.3) is 0 Å². The van der Waals surface area contributed by atoms with Crippen LogP contribution in [0.2, 0.25) is 0 Å². The second-order valence-corrected chi connectivity index (χ2v) is 10.5. The van der Waals surface area contributed by atoms with Crippen LogP contribution in [0.4, 0.5) is 18.0 Å². The average molecular weight is 456 g/mol. The minimum atomic E-state index is -4.64. The van der Waals surface area contributed by atoms with E-state index < -0.39 is 38.3 Å². The number of hydrogen-bond donors (Lipinski definition) is 0. The van der Waals surface area contributed by atoms with E-state index in [1.54, 1.807) is 49.9 Å². The molecule has 0 bridgehead atoms.